The van der Waals surface area contributed by atoms with Crippen LogP contribution in [0.25, 0.3) is 0 Å². The molecule has 1 saturated heterocycles. The topological polar surface area (TPSA) is 204 Å². The van der Waals surface area contributed by atoms with Gasteiger partial charge in [0.25, 0.3) is 15.9 Å². The number of rotatable bonds is 5. The summed E-state index contributed by atoms with van der Waals surface area (Å²) in [7, 11) is -4.40. The highest BCUT2D eigenvalue weighted by molar-refractivity contribution is 7.90. The van der Waals surface area contributed by atoms with Crippen molar-refractivity contribution >= 4 is 39.9 Å². The predicted molar refractivity (Wildman–Crippen MR) is 197 cm³/mol. The number of carbonyl (C=O) groups is 5. The number of nitrogens with zero attached hydrogens (tertiary/aromatic N) is 3. The number of carbonyl (C=O) groups excluding carboxylic acids is 5. The summed E-state index contributed by atoms with van der Waals surface area (Å²) in [5.74, 6) is -2.83. The number of nitriles is 1. The van der Waals surface area contributed by atoms with Gasteiger partial charge in [-0.15, -0.1) is 0 Å². The summed E-state index contributed by atoms with van der Waals surface area (Å²) < 4.78 is 40.0. The van der Waals surface area contributed by atoms with Gasteiger partial charge in [-0.3, -0.25) is 19.3 Å². The van der Waals surface area contributed by atoms with Gasteiger partial charge in [0.15, 0.2) is 0 Å². The zero-order valence-electron chi connectivity index (χ0n) is 31.1. The van der Waals surface area contributed by atoms with Gasteiger partial charge in [0, 0.05) is 25.4 Å². The smallest absolute Gasteiger partial charge is 0.410 e. The first-order valence-electron chi connectivity index (χ1n) is 18.5. The Balaban J connectivity index is 1.26. The molecule has 2 fully saturated rings. The van der Waals surface area contributed by atoms with E-state index in [1.807, 2.05) is 36.4 Å². The first-order valence-corrected chi connectivity index (χ1v) is 20.0. The maximum Gasteiger partial charge on any atom is 0.410 e. The predicted octanol–water partition coefficient (Wildman–Crippen LogP) is 3.77. The number of allylic oxidation sites excluding steroid dienone is 1. The van der Waals surface area contributed by atoms with Crippen molar-refractivity contribution in [3.8, 4) is 6.07 Å². The Bertz CT molecular complexity index is 2000. The lowest BCUT2D eigenvalue weighted by Crippen LogP contribution is -2.58. The molecule has 292 valence electrons. The zero-order valence-corrected chi connectivity index (χ0v) is 31.9. The number of benzene rings is 2. The molecule has 16 heteroatoms. The molecular weight excluding hydrogens is 729 g/mol. The second-order valence-corrected chi connectivity index (χ2v) is 17.2. The van der Waals surface area contributed by atoms with Crippen LogP contribution >= 0.6 is 0 Å². The monoisotopic (exact) mass is 774 g/mol. The van der Waals surface area contributed by atoms with Crippen LogP contribution in [0.2, 0.25) is 0 Å². The third-order valence-corrected chi connectivity index (χ3v) is 11.6. The molecule has 0 bridgehead atoms. The fourth-order valence-electron chi connectivity index (χ4n) is 7.28. The Labute approximate surface area is 320 Å². The highest BCUT2D eigenvalue weighted by atomic mass is 32.2. The summed E-state index contributed by atoms with van der Waals surface area (Å²) in [5.41, 5.74) is -0.289. The average Bonchev–Trinajstić information content (AvgIpc) is 3.42. The number of fused-ring (bicyclic) bond motifs is 3. The van der Waals surface area contributed by atoms with Crippen LogP contribution in [0.3, 0.4) is 0 Å². The van der Waals surface area contributed by atoms with Crippen LogP contribution in [0.15, 0.2) is 65.6 Å². The number of ether oxygens (including phenoxy) is 2. The van der Waals surface area contributed by atoms with Crippen molar-refractivity contribution in [3.05, 3.63) is 77.4 Å². The lowest BCUT2D eigenvalue weighted by Gasteiger charge is -2.30. The van der Waals surface area contributed by atoms with Gasteiger partial charge < -0.3 is 25.0 Å². The summed E-state index contributed by atoms with van der Waals surface area (Å²) in [4.78, 5) is 71.5. The summed E-state index contributed by atoms with van der Waals surface area (Å²) in [6.45, 7) is 5.62. The van der Waals surface area contributed by atoms with E-state index in [4.69, 9.17) is 14.7 Å². The fraction of sp³-hybridized carbons (Fsp3) is 0.487. The van der Waals surface area contributed by atoms with Gasteiger partial charge >= 0.3 is 12.2 Å². The number of alkyl carbamates (subject to hydrolysis) is 1. The zero-order chi connectivity index (χ0) is 39.5. The third kappa shape index (κ3) is 9.10. The first kappa shape index (κ1) is 39.3. The Morgan fingerprint density at radius 3 is 2.35 bits per heavy atom. The van der Waals surface area contributed by atoms with E-state index in [1.165, 1.54) is 34.1 Å². The molecule has 2 aromatic carbocycles. The SMILES string of the molecule is CC(C)(C)OC(=O)N[C@H]1CCCCC/C=C\[C@@H]2C[C@@]2(C(=O)NS(=O)(=O)c2ccc(C#N)cc2)NC(=O)[C@@H]2C[C@@H](OC(=O)N3Cc4ccccc4C3)CN2C1=O. The number of nitrogens with one attached hydrogen (secondary N) is 3. The van der Waals surface area contributed by atoms with E-state index in [0.29, 0.717) is 32.4 Å². The summed E-state index contributed by atoms with van der Waals surface area (Å²) >= 11 is 0. The molecule has 0 unspecified atom stereocenters. The van der Waals surface area contributed by atoms with E-state index in [1.54, 1.807) is 26.8 Å². The molecule has 15 nitrogen and oxygen atoms in total. The lowest BCUT2D eigenvalue weighted by atomic mass is 10.0. The van der Waals surface area contributed by atoms with Crippen molar-refractivity contribution in [2.75, 3.05) is 6.54 Å². The molecule has 6 rings (SSSR count). The van der Waals surface area contributed by atoms with E-state index in [2.05, 4.69) is 15.4 Å². The molecule has 3 heterocycles. The minimum absolute atomic E-state index is 0.0986. The van der Waals surface area contributed by atoms with Crippen molar-refractivity contribution in [1.82, 2.24) is 25.2 Å². The first-order chi connectivity index (χ1) is 26.1. The average molecular weight is 775 g/mol. The molecule has 0 radical (unpaired) electrons. The van der Waals surface area contributed by atoms with Crippen molar-refractivity contribution in [1.29, 1.82) is 5.26 Å². The largest absolute Gasteiger partial charge is 0.444 e. The Kier molecular flexibility index (Phi) is 11.2. The number of sulfonamides is 1. The van der Waals surface area contributed by atoms with Crippen LogP contribution in [0.4, 0.5) is 9.59 Å². The van der Waals surface area contributed by atoms with Gasteiger partial charge in [0.2, 0.25) is 11.8 Å². The summed E-state index contributed by atoms with van der Waals surface area (Å²) in [6, 6.07) is 12.3. The molecule has 0 spiro atoms. The second kappa shape index (κ2) is 15.7. The molecule has 3 aliphatic heterocycles. The molecule has 4 aliphatic rings. The van der Waals surface area contributed by atoms with Gasteiger partial charge in [0.1, 0.15) is 29.3 Å². The van der Waals surface area contributed by atoms with Crippen LogP contribution in [0.1, 0.15) is 82.4 Å². The molecule has 3 N–H and O–H groups in total. The summed E-state index contributed by atoms with van der Waals surface area (Å²) in [5, 5.41) is 14.6. The van der Waals surface area contributed by atoms with Gasteiger partial charge in [-0.1, -0.05) is 49.3 Å². The molecule has 1 aliphatic carbocycles. The number of hydrogen-bond acceptors (Lipinski definition) is 10. The Morgan fingerprint density at radius 1 is 1.00 bits per heavy atom. The van der Waals surface area contributed by atoms with Crippen LogP contribution in [-0.4, -0.2) is 84.0 Å². The van der Waals surface area contributed by atoms with Crippen LogP contribution < -0.4 is 15.4 Å². The number of hydrogen-bond donors (Lipinski definition) is 3. The molecule has 1 saturated carbocycles. The standard InChI is InChI=1S/C39H46N6O9S/c1-38(2,3)54-36(49)41-31-14-8-6-4-5-7-13-28-20-39(28,35(48)43-55(51,52)30-17-15-25(21-40)16-18-30)42-33(46)32-19-29(24-45(32)34(31)47)53-37(50)44-22-26-11-9-10-12-27(26)23-44/h7,9-13,15-18,28-29,31-32H,4-6,8,14,19-20,22-24H2,1-3H3,(H,41,49)(H,42,46)(H,43,48)/b13-7-/t28-,29-,31+,32+,39-/m1/s1. The van der Waals surface area contributed by atoms with Crippen molar-refractivity contribution in [2.24, 2.45) is 5.92 Å². The van der Waals surface area contributed by atoms with Crippen LogP contribution in [0, 0.1) is 17.2 Å². The van der Waals surface area contributed by atoms with Crippen LogP contribution in [0.5, 0.6) is 0 Å². The minimum Gasteiger partial charge on any atom is -0.444 e. The van der Waals surface area contributed by atoms with Crippen molar-refractivity contribution in [3.63, 3.8) is 0 Å². The highest BCUT2D eigenvalue weighted by Crippen LogP contribution is 2.46. The molecule has 5 atom stereocenters. The maximum absolute atomic E-state index is 14.4. The molecule has 0 aromatic heterocycles. The van der Waals surface area contributed by atoms with E-state index < -0.39 is 75.2 Å². The molecule has 55 heavy (non-hydrogen) atoms. The van der Waals surface area contributed by atoms with Gasteiger partial charge in [0.05, 0.1) is 23.1 Å². The van der Waals surface area contributed by atoms with Gasteiger partial charge in [-0.25, -0.2) is 22.7 Å². The number of amides is 5. The van der Waals surface area contributed by atoms with Gasteiger partial charge in [-0.2, -0.15) is 5.26 Å². The highest BCUT2D eigenvalue weighted by Gasteiger charge is 2.61. The van der Waals surface area contributed by atoms with Crippen LogP contribution in [-0.2, 0) is 47.0 Å². The van der Waals surface area contributed by atoms with E-state index >= 15 is 0 Å². The molecule has 5 amide bonds. The van der Waals surface area contributed by atoms with E-state index in [-0.39, 0.29) is 36.3 Å². The molecular formula is C39H46N6O9S. The van der Waals surface area contributed by atoms with E-state index in [0.717, 1.165) is 17.5 Å². The van der Waals surface area contributed by atoms with Crippen molar-refractivity contribution in [2.45, 2.75) is 113 Å². The lowest BCUT2D eigenvalue weighted by molar-refractivity contribution is -0.141. The molecule has 2 aromatic rings. The maximum atomic E-state index is 14.4. The second-order valence-electron chi connectivity index (χ2n) is 15.5. The summed E-state index contributed by atoms with van der Waals surface area (Å²) in [6.07, 6.45) is 4.25. The minimum atomic E-state index is -4.40. The Morgan fingerprint density at radius 2 is 1.69 bits per heavy atom. The van der Waals surface area contributed by atoms with E-state index in [9.17, 15) is 32.4 Å². The van der Waals surface area contributed by atoms with Crippen molar-refractivity contribution < 1.29 is 41.9 Å². The Hall–Kier alpha value is -5.43. The quantitative estimate of drug-likeness (QED) is 0.375. The fourth-order valence-corrected chi connectivity index (χ4v) is 8.31. The van der Waals surface area contributed by atoms with Gasteiger partial charge in [-0.05, 0) is 81.8 Å². The normalized spacial score (nSPS) is 26.1. The third-order valence-electron chi connectivity index (χ3n) is 10.2.